The lowest BCUT2D eigenvalue weighted by atomic mass is 9.95. The average Bonchev–Trinajstić information content (AvgIpc) is 3.22. The van der Waals surface area contributed by atoms with Crippen LogP contribution in [0.15, 0.2) is 36.4 Å². The fourth-order valence-corrected chi connectivity index (χ4v) is 4.06. The van der Waals surface area contributed by atoms with E-state index in [1.807, 2.05) is 23.7 Å². The molecular formula is C19H23N3O. The van der Waals surface area contributed by atoms with Gasteiger partial charge >= 0.3 is 0 Å². The van der Waals surface area contributed by atoms with Crippen LogP contribution in [0.5, 0.6) is 0 Å². The predicted octanol–water partition coefficient (Wildman–Crippen LogP) is 2.62. The van der Waals surface area contributed by atoms with Crippen LogP contribution in [-0.4, -0.2) is 28.6 Å². The maximum atomic E-state index is 12.6. The van der Waals surface area contributed by atoms with Gasteiger partial charge in [0.2, 0.25) is 0 Å². The number of nitrogens with one attached hydrogen (secondary N) is 2. The molecule has 2 N–H and O–H groups in total. The van der Waals surface area contributed by atoms with Crippen LogP contribution in [0.25, 0.3) is 11.3 Å². The molecule has 2 aliphatic heterocycles. The summed E-state index contributed by atoms with van der Waals surface area (Å²) < 4.78 is 1.99. The van der Waals surface area contributed by atoms with E-state index < -0.39 is 0 Å². The van der Waals surface area contributed by atoms with Crippen LogP contribution < -0.4 is 10.6 Å². The van der Waals surface area contributed by atoms with Gasteiger partial charge in [0.15, 0.2) is 0 Å². The normalized spacial score (nSPS) is 25.7. The molecule has 4 nitrogen and oxygen atoms in total. The molecule has 0 radical (unpaired) electrons. The second kappa shape index (κ2) is 5.53. The number of rotatable bonds is 3. The third kappa shape index (κ3) is 2.57. The van der Waals surface area contributed by atoms with Gasteiger partial charge in [-0.15, -0.1) is 0 Å². The van der Waals surface area contributed by atoms with Crippen molar-refractivity contribution in [1.82, 2.24) is 15.2 Å². The van der Waals surface area contributed by atoms with Crippen molar-refractivity contribution in [1.29, 1.82) is 0 Å². The topological polar surface area (TPSA) is 46.1 Å². The number of carbonyl (C=O) groups is 1. The Hall–Kier alpha value is -2.07. The third-order valence-electron chi connectivity index (χ3n) is 5.28. The van der Waals surface area contributed by atoms with E-state index in [0.29, 0.717) is 12.1 Å². The lowest BCUT2D eigenvalue weighted by Crippen LogP contribution is -2.43. The minimum atomic E-state index is 0.0331. The van der Waals surface area contributed by atoms with Crippen LogP contribution in [0, 0.1) is 6.92 Å². The highest BCUT2D eigenvalue weighted by atomic mass is 16.2. The number of fused-ring (bicyclic) bond motifs is 2. The number of benzene rings is 1. The zero-order chi connectivity index (χ0) is 16.0. The number of carbonyl (C=O) groups excluding carboxylic acids is 1. The number of hydrogen-bond acceptors (Lipinski definition) is 2. The average molecular weight is 309 g/mol. The van der Waals surface area contributed by atoms with Gasteiger partial charge in [-0.05, 0) is 49.9 Å². The summed E-state index contributed by atoms with van der Waals surface area (Å²) in [4.78, 5) is 12.6. The van der Waals surface area contributed by atoms with Crippen LogP contribution >= 0.6 is 0 Å². The number of amides is 1. The first-order valence-corrected chi connectivity index (χ1v) is 8.41. The van der Waals surface area contributed by atoms with Gasteiger partial charge in [0.1, 0.15) is 5.69 Å². The van der Waals surface area contributed by atoms with E-state index in [0.717, 1.165) is 23.4 Å². The Balaban J connectivity index is 1.54. The molecule has 1 amide bonds. The molecule has 2 fully saturated rings. The molecule has 3 heterocycles. The molecule has 4 rings (SSSR count). The number of aromatic nitrogens is 1. The summed E-state index contributed by atoms with van der Waals surface area (Å²) in [5.74, 6) is 0.0331. The van der Waals surface area contributed by atoms with Crippen molar-refractivity contribution < 1.29 is 4.79 Å². The van der Waals surface area contributed by atoms with Crippen molar-refractivity contribution >= 4 is 5.91 Å². The summed E-state index contributed by atoms with van der Waals surface area (Å²) in [6, 6.07) is 13.7. The van der Waals surface area contributed by atoms with Crippen molar-refractivity contribution in [2.45, 2.75) is 44.3 Å². The lowest BCUT2D eigenvalue weighted by Gasteiger charge is -2.21. The lowest BCUT2D eigenvalue weighted by molar-refractivity contribution is 0.0923. The van der Waals surface area contributed by atoms with Crippen LogP contribution in [0.1, 0.15) is 35.3 Å². The standard InChI is InChI=1S/C19H23N3O/c1-12-4-3-5-13(10-12)17-8-9-18(22(17)2)19(23)21-16-11-14-6-7-15(16)20-14/h3-5,8-10,14-16,20H,6-7,11H2,1-2H3,(H,21,23)/t14-,15+,16-/m1/s1. The van der Waals surface area contributed by atoms with Gasteiger partial charge in [-0.1, -0.05) is 23.8 Å². The molecule has 0 aliphatic carbocycles. The first kappa shape index (κ1) is 14.5. The number of nitrogens with zero attached hydrogens (tertiary/aromatic N) is 1. The molecule has 120 valence electrons. The highest BCUT2D eigenvalue weighted by Crippen LogP contribution is 2.29. The molecule has 2 saturated heterocycles. The molecule has 3 atom stereocenters. The van der Waals surface area contributed by atoms with Crippen LogP contribution in [-0.2, 0) is 7.05 Å². The molecular weight excluding hydrogens is 286 g/mol. The van der Waals surface area contributed by atoms with Crippen molar-refractivity contribution in [3.63, 3.8) is 0 Å². The Morgan fingerprint density at radius 2 is 2.13 bits per heavy atom. The zero-order valence-electron chi connectivity index (χ0n) is 13.7. The highest BCUT2D eigenvalue weighted by Gasteiger charge is 2.39. The molecule has 1 aromatic carbocycles. The first-order chi connectivity index (χ1) is 11.1. The van der Waals surface area contributed by atoms with Crippen molar-refractivity contribution in [3.05, 3.63) is 47.7 Å². The number of aryl methyl sites for hydroxylation is 1. The molecule has 0 saturated carbocycles. The smallest absolute Gasteiger partial charge is 0.268 e. The van der Waals surface area contributed by atoms with Crippen LogP contribution in [0.4, 0.5) is 0 Å². The fourth-order valence-electron chi connectivity index (χ4n) is 4.06. The Morgan fingerprint density at radius 1 is 1.26 bits per heavy atom. The van der Waals surface area contributed by atoms with Crippen molar-refractivity contribution in [2.75, 3.05) is 0 Å². The van der Waals surface area contributed by atoms with E-state index in [1.54, 1.807) is 0 Å². The third-order valence-corrected chi connectivity index (χ3v) is 5.28. The Labute approximate surface area is 136 Å². The maximum absolute atomic E-state index is 12.6. The molecule has 2 bridgehead atoms. The van der Waals surface area contributed by atoms with Gasteiger partial charge in [0.25, 0.3) is 5.91 Å². The SMILES string of the molecule is Cc1cccc(-c2ccc(C(=O)N[C@@H]3C[C@H]4CC[C@@H]3N4)n2C)c1. The van der Waals surface area contributed by atoms with Crippen LogP contribution in [0.3, 0.4) is 0 Å². The second-order valence-electron chi connectivity index (χ2n) is 6.90. The van der Waals surface area contributed by atoms with E-state index in [2.05, 4.69) is 41.8 Å². The van der Waals surface area contributed by atoms with Gasteiger partial charge in [0, 0.05) is 30.9 Å². The Kier molecular flexibility index (Phi) is 3.49. The van der Waals surface area contributed by atoms with E-state index >= 15 is 0 Å². The van der Waals surface area contributed by atoms with Crippen LogP contribution in [0.2, 0.25) is 0 Å². The first-order valence-electron chi connectivity index (χ1n) is 8.41. The summed E-state index contributed by atoms with van der Waals surface area (Å²) in [6.07, 6.45) is 3.49. The summed E-state index contributed by atoms with van der Waals surface area (Å²) in [5.41, 5.74) is 4.17. The van der Waals surface area contributed by atoms with E-state index in [-0.39, 0.29) is 11.9 Å². The molecule has 1 aromatic heterocycles. The second-order valence-corrected chi connectivity index (χ2v) is 6.90. The molecule has 2 aromatic rings. The maximum Gasteiger partial charge on any atom is 0.268 e. The predicted molar refractivity (Wildman–Crippen MR) is 91.4 cm³/mol. The Morgan fingerprint density at radius 3 is 2.83 bits per heavy atom. The molecule has 4 heteroatoms. The van der Waals surface area contributed by atoms with Gasteiger partial charge in [0.05, 0.1) is 0 Å². The quantitative estimate of drug-likeness (QED) is 0.915. The fraction of sp³-hybridized carbons (Fsp3) is 0.421. The number of hydrogen-bond donors (Lipinski definition) is 2. The largest absolute Gasteiger partial charge is 0.346 e. The summed E-state index contributed by atoms with van der Waals surface area (Å²) in [6.45, 7) is 2.09. The van der Waals surface area contributed by atoms with E-state index in [1.165, 1.54) is 18.4 Å². The van der Waals surface area contributed by atoms with Gasteiger partial charge < -0.3 is 15.2 Å². The summed E-state index contributed by atoms with van der Waals surface area (Å²) >= 11 is 0. The Bertz CT molecular complexity index is 749. The summed E-state index contributed by atoms with van der Waals surface area (Å²) in [7, 11) is 1.96. The van der Waals surface area contributed by atoms with Crippen molar-refractivity contribution in [3.8, 4) is 11.3 Å². The molecule has 0 unspecified atom stereocenters. The van der Waals surface area contributed by atoms with E-state index in [4.69, 9.17) is 0 Å². The molecule has 23 heavy (non-hydrogen) atoms. The van der Waals surface area contributed by atoms with E-state index in [9.17, 15) is 4.79 Å². The molecule has 0 spiro atoms. The zero-order valence-corrected chi connectivity index (χ0v) is 13.7. The minimum Gasteiger partial charge on any atom is -0.346 e. The van der Waals surface area contributed by atoms with Crippen molar-refractivity contribution in [2.24, 2.45) is 7.05 Å². The van der Waals surface area contributed by atoms with Gasteiger partial charge in [-0.2, -0.15) is 0 Å². The highest BCUT2D eigenvalue weighted by molar-refractivity contribution is 5.94. The summed E-state index contributed by atoms with van der Waals surface area (Å²) in [5, 5.41) is 6.79. The van der Waals surface area contributed by atoms with Gasteiger partial charge in [-0.3, -0.25) is 4.79 Å². The molecule has 2 aliphatic rings. The minimum absolute atomic E-state index is 0.0331. The monoisotopic (exact) mass is 309 g/mol. The van der Waals surface area contributed by atoms with Gasteiger partial charge in [-0.25, -0.2) is 0 Å².